The maximum absolute atomic E-state index is 9.35. The molecule has 0 N–H and O–H groups in total. The van der Waals surface area contributed by atoms with Gasteiger partial charge in [-0.3, -0.25) is 0 Å². The molecule has 0 aliphatic rings. The molecule has 206 valence electrons. The molecule has 0 fully saturated rings. The summed E-state index contributed by atoms with van der Waals surface area (Å²) in [7, 11) is 0. The highest BCUT2D eigenvalue weighted by atomic mass is 16.3. The Morgan fingerprint density at radius 2 is 1.11 bits per heavy atom. The van der Waals surface area contributed by atoms with Crippen LogP contribution in [0.5, 0.6) is 0 Å². The van der Waals surface area contributed by atoms with E-state index in [1.165, 1.54) is 0 Å². The smallest absolute Gasteiger partial charge is 0.164 e. The minimum atomic E-state index is -0.362. The summed E-state index contributed by atoms with van der Waals surface area (Å²) in [4.78, 5) is 14.1. The molecular formula is C39H23N3O2. The second-order valence-electron chi connectivity index (χ2n) is 10.4. The molecule has 9 aromatic rings. The highest BCUT2D eigenvalue weighted by Gasteiger charge is 2.17. The Morgan fingerprint density at radius 1 is 0.455 bits per heavy atom. The quantitative estimate of drug-likeness (QED) is 0.210. The number of nitrogens with zero attached hydrogens (tertiary/aromatic N) is 3. The Bertz CT molecular complexity index is 2780. The lowest BCUT2D eigenvalue weighted by atomic mass is 10.0. The number of aromatic nitrogens is 3. The number of furan rings is 2. The summed E-state index contributed by atoms with van der Waals surface area (Å²) >= 11 is 0. The van der Waals surface area contributed by atoms with Gasteiger partial charge in [0.15, 0.2) is 17.5 Å². The van der Waals surface area contributed by atoms with Gasteiger partial charge in [0.25, 0.3) is 0 Å². The van der Waals surface area contributed by atoms with Crippen molar-refractivity contribution in [3.63, 3.8) is 0 Å². The molecule has 0 aliphatic carbocycles. The molecular weight excluding hydrogens is 542 g/mol. The number of para-hydroxylation sites is 2. The van der Waals surface area contributed by atoms with E-state index >= 15 is 0 Å². The molecule has 6 aromatic carbocycles. The molecule has 0 saturated carbocycles. The Balaban J connectivity index is 1.32. The standard InChI is InChI=1S/C39H23N3O2/c1-3-10-24(11-4-1)37-40-38(25-12-5-2-6-13-25)42-39(41-37)27-19-21-31-32-16-9-15-28(36(32)44-35(31)23-27)26-18-20-30-29-14-7-8-17-33(29)43-34(30)22-26/h1-23H/i9D,15D,16D,19D,21D,23D. The zero-order chi connectivity index (χ0) is 34.3. The maximum atomic E-state index is 9.35. The summed E-state index contributed by atoms with van der Waals surface area (Å²) in [5.41, 5.74) is 3.41. The fourth-order valence-electron chi connectivity index (χ4n) is 5.53. The van der Waals surface area contributed by atoms with Gasteiger partial charge in [0.1, 0.15) is 22.3 Å². The van der Waals surface area contributed by atoms with E-state index in [1.54, 1.807) is 12.1 Å². The van der Waals surface area contributed by atoms with E-state index in [9.17, 15) is 1.37 Å². The van der Waals surface area contributed by atoms with E-state index < -0.39 is 0 Å². The Hall–Kier alpha value is -6.07. The second-order valence-corrected chi connectivity index (χ2v) is 10.4. The molecule has 0 atom stereocenters. The van der Waals surface area contributed by atoms with E-state index in [0.717, 1.165) is 10.8 Å². The fraction of sp³-hybridized carbons (Fsp3) is 0. The first-order valence-electron chi connectivity index (χ1n) is 17.0. The van der Waals surface area contributed by atoms with E-state index in [2.05, 4.69) is 9.97 Å². The summed E-state index contributed by atoms with van der Waals surface area (Å²) in [6.07, 6.45) is 0. The van der Waals surface area contributed by atoms with Gasteiger partial charge in [-0.2, -0.15) is 0 Å². The van der Waals surface area contributed by atoms with E-state index in [1.807, 2.05) is 91.0 Å². The molecule has 3 heterocycles. The molecule has 9 rings (SSSR count). The van der Waals surface area contributed by atoms with Crippen molar-refractivity contribution in [1.82, 2.24) is 15.0 Å². The van der Waals surface area contributed by atoms with Crippen LogP contribution in [0.15, 0.2) is 148 Å². The van der Waals surface area contributed by atoms with E-state index in [4.69, 9.17) is 20.7 Å². The normalized spacial score (nSPS) is 13.5. The molecule has 3 aromatic heterocycles. The lowest BCUT2D eigenvalue weighted by molar-refractivity contribution is 0.668. The van der Waals surface area contributed by atoms with Crippen LogP contribution in [0.1, 0.15) is 8.22 Å². The summed E-state index contributed by atoms with van der Waals surface area (Å²) in [6.45, 7) is 0. The van der Waals surface area contributed by atoms with Crippen molar-refractivity contribution in [2.75, 3.05) is 0 Å². The van der Waals surface area contributed by atoms with Crippen LogP contribution >= 0.6 is 0 Å². The molecule has 0 amide bonds. The third kappa shape index (κ3) is 3.98. The summed E-state index contributed by atoms with van der Waals surface area (Å²) < 4.78 is 66.6. The summed E-state index contributed by atoms with van der Waals surface area (Å²) in [5.74, 6) is 0.686. The van der Waals surface area contributed by atoms with Crippen LogP contribution < -0.4 is 0 Å². The van der Waals surface area contributed by atoms with Gasteiger partial charge >= 0.3 is 0 Å². The van der Waals surface area contributed by atoms with Crippen molar-refractivity contribution in [1.29, 1.82) is 0 Å². The predicted molar refractivity (Wildman–Crippen MR) is 176 cm³/mol. The minimum Gasteiger partial charge on any atom is -0.456 e. The average Bonchev–Trinajstić information content (AvgIpc) is 3.73. The predicted octanol–water partition coefficient (Wildman–Crippen LogP) is 10.3. The van der Waals surface area contributed by atoms with Crippen LogP contribution in [0.2, 0.25) is 0 Å². The SMILES string of the molecule is [2H]c1c([2H])c([2H])c2c(oc3c([2H])c(-c4nc(-c5ccccc5)nc(-c5ccccc5)n4)c([2H])c([2H])c32)c1-c1ccc2c(c1)oc1ccccc12. The van der Waals surface area contributed by atoms with Gasteiger partial charge in [-0.15, -0.1) is 0 Å². The van der Waals surface area contributed by atoms with Gasteiger partial charge in [0.05, 0.1) is 8.22 Å². The lowest BCUT2D eigenvalue weighted by Crippen LogP contribution is -2.00. The Morgan fingerprint density at radius 3 is 1.86 bits per heavy atom. The largest absolute Gasteiger partial charge is 0.456 e. The van der Waals surface area contributed by atoms with Crippen molar-refractivity contribution >= 4 is 43.9 Å². The van der Waals surface area contributed by atoms with Gasteiger partial charge in [-0.05, 0) is 35.8 Å². The Labute approximate surface area is 260 Å². The molecule has 5 heteroatoms. The monoisotopic (exact) mass is 571 g/mol. The number of hydrogen-bond acceptors (Lipinski definition) is 5. The van der Waals surface area contributed by atoms with Crippen LogP contribution in [0.25, 0.3) is 89.2 Å². The molecule has 0 radical (unpaired) electrons. The van der Waals surface area contributed by atoms with Crippen molar-refractivity contribution in [3.8, 4) is 45.3 Å². The summed E-state index contributed by atoms with van der Waals surface area (Å²) in [5, 5.41) is 1.95. The molecule has 44 heavy (non-hydrogen) atoms. The zero-order valence-electron chi connectivity index (χ0n) is 29.0. The molecule has 5 nitrogen and oxygen atoms in total. The summed E-state index contributed by atoms with van der Waals surface area (Å²) in [6, 6.07) is 29.9. The molecule has 0 bridgehead atoms. The van der Waals surface area contributed by atoms with Crippen molar-refractivity contribution in [3.05, 3.63) is 139 Å². The highest BCUT2D eigenvalue weighted by molar-refractivity contribution is 6.11. The number of hydrogen-bond donors (Lipinski definition) is 0. The van der Waals surface area contributed by atoms with Gasteiger partial charge in [-0.1, -0.05) is 109 Å². The molecule has 0 aliphatic heterocycles. The lowest BCUT2D eigenvalue weighted by Gasteiger charge is -2.08. The van der Waals surface area contributed by atoms with Crippen LogP contribution in [0.4, 0.5) is 0 Å². The third-order valence-corrected chi connectivity index (χ3v) is 7.65. The van der Waals surface area contributed by atoms with Crippen LogP contribution in [-0.2, 0) is 0 Å². The van der Waals surface area contributed by atoms with Crippen molar-refractivity contribution < 1.29 is 17.1 Å². The first-order valence-corrected chi connectivity index (χ1v) is 14.0. The number of fused-ring (bicyclic) bond motifs is 6. The zero-order valence-corrected chi connectivity index (χ0v) is 23.0. The van der Waals surface area contributed by atoms with Crippen molar-refractivity contribution in [2.45, 2.75) is 0 Å². The highest BCUT2D eigenvalue weighted by Crippen LogP contribution is 2.39. The number of benzene rings is 6. The molecule has 0 spiro atoms. The molecule has 0 unspecified atom stereocenters. The topological polar surface area (TPSA) is 65.0 Å². The number of rotatable bonds is 4. The van der Waals surface area contributed by atoms with Crippen molar-refractivity contribution in [2.24, 2.45) is 0 Å². The third-order valence-electron chi connectivity index (χ3n) is 7.65. The van der Waals surface area contributed by atoms with Gasteiger partial charge in [0, 0.05) is 43.8 Å². The van der Waals surface area contributed by atoms with Crippen LogP contribution in [0, 0.1) is 0 Å². The van der Waals surface area contributed by atoms with Crippen LogP contribution in [0.3, 0.4) is 0 Å². The first kappa shape index (κ1) is 19.2. The van der Waals surface area contributed by atoms with E-state index in [-0.39, 0.29) is 75.1 Å². The van der Waals surface area contributed by atoms with Gasteiger partial charge in [-0.25, -0.2) is 15.0 Å². The fourth-order valence-corrected chi connectivity index (χ4v) is 5.53. The Kier molecular flexibility index (Phi) is 4.25. The van der Waals surface area contributed by atoms with Gasteiger partial charge in [0.2, 0.25) is 0 Å². The maximum Gasteiger partial charge on any atom is 0.164 e. The average molecular weight is 572 g/mol. The second kappa shape index (κ2) is 9.75. The van der Waals surface area contributed by atoms with Gasteiger partial charge < -0.3 is 8.83 Å². The molecule has 0 saturated heterocycles. The minimum absolute atomic E-state index is 0.0209. The first-order chi connectivity index (χ1) is 24.3. The van der Waals surface area contributed by atoms with Crippen LogP contribution in [-0.4, -0.2) is 15.0 Å². The van der Waals surface area contributed by atoms with E-state index in [0.29, 0.717) is 39.5 Å².